The van der Waals surface area contributed by atoms with E-state index in [1.165, 1.54) is 18.7 Å². The number of esters is 1. The number of rotatable bonds is 5. The lowest BCUT2D eigenvalue weighted by atomic mass is 9.83. The molecule has 0 aliphatic carbocycles. The molecule has 29 heavy (non-hydrogen) atoms. The zero-order valence-corrected chi connectivity index (χ0v) is 16.7. The topological polar surface area (TPSA) is 115 Å². The molecule has 1 aromatic carbocycles. The fourth-order valence-corrected chi connectivity index (χ4v) is 3.41. The largest absolute Gasteiger partial charge is 0.494 e. The minimum absolute atomic E-state index is 0.0118. The van der Waals surface area contributed by atoms with Crippen LogP contribution in [0, 0.1) is 0 Å². The number of nitrogens with zero attached hydrogens (tertiary/aromatic N) is 2. The monoisotopic (exact) mass is 401 g/mol. The average molecular weight is 401 g/mol. The predicted octanol–water partition coefficient (Wildman–Crippen LogP) is 0.740. The molecule has 2 heterocycles. The van der Waals surface area contributed by atoms with Crippen molar-refractivity contribution in [2.45, 2.75) is 19.8 Å². The molecule has 0 spiro atoms. The zero-order valence-electron chi connectivity index (χ0n) is 16.7. The van der Waals surface area contributed by atoms with Crippen LogP contribution in [0.4, 0.5) is 0 Å². The van der Waals surface area contributed by atoms with Crippen molar-refractivity contribution in [3.05, 3.63) is 67.7 Å². The van der Waals surface area contributed by atoms with E-state index >= 15 is 0 Å². The van der Waals surface area contributed by atoms with Crippen molar-refractivity contribution in [1.29, 1.82) is 0 Å². The van der Waals surface area contributed by atoms with Gasteiger partial charge in [0.25, 0.3) is 5.56 Å². The molecule has 3 rings (SSSR count). The van der Waals surface area contributed by atoms with E-state index in [1.807, 2.05) is 6.92 Å². The summed E-state index contributed by atoms with van der Waals surface area (Å²) in [4.78, 5) is 38.2. The van der Waals surface area contributed by atoms with Gasteiger partial charge in [0, 0.05) is 19.7 Å². The van der Waals surface area contributed by atoms with Crippen LogP contribution in [0.25, 0.3) is 0 Å². The lowest BCUT2D eigenvalue weighted by Gasteiger charge is -2.29. The van der Waals surface area contributed by atoms with E-state index in [2.05, 4.69) is 0 Å². The summed E-state index contributed by atoms with van der Waals surface area (Å²) in [5, 5.41) is 0. The van der Waals surface area contributed by atoms with Gasteiger partial charge in [-0.3, -0.25) is 13.9 Å². The minimum atomic E-state index is -0.925. The van der Waals surface area contributed by atoms with Crippen LogP contribution in [0.1, 0.15) is 30.9 Å². The van der Waals surface area contributed by atoms with E-state index in [0.29, 0.717) is 17.9 Å². The third kappa shape index (κ3) is 3.28. The molecule has 2 aromatic rings. The van der Waals surface area contributed by atoms with Crippen molar-refractivity contribution in [2.75, 3.05) is 13.2 Å². The highest BCUT2D eigenvalue weighted by atomic mass is 16.5. The van der Waals surface area contributed by atoms with Crippen LogP contribution in [0.5, 0.6) is 11.6 Å². The van der Waals surface area contributed by atoms with Gasteiger partial charge in [0.2, 0.25) is 11.8 Å². The molecule has 9 nitrogen and oxygen atoms in total. The second kappa shape index (κ2) is 7.86. The molecule has 0 saturated heterocycles. The zero-order chi connectivity index (χ0) is 21.3. The van der Waals surface area contributed by atoms with Crippen LogP contribution in [-0.2, 0) is 23.6 Å². The van der Waals surface area contributed by atoms with Gasteiger partial charge in [0.1, 0.15) is 11.3 Å². The van der Waals surface area contributed by atoms with Gasteiger partial charge in [-0.05, 0) is 19.9 Å². The number of ether oxygens (including phenoxy) is 3. The molecule has 154 valence electrons. The van der Waals surface area contributed by atoms with Crippen molar-refractivity contribution in [3.8, 4) is 11.6 Å². The standard InChI is InChI=1S/C20H23N3O6/c1-5-27-12-10-8-7-9-11(12)13-14(19(25)28-6-2)16(21)29-18-15(13)17(24)22(3)20(26)23(18)4/h7-10,13H,5-6,21H2,1-4H3/t13-/m1/s1. The van der Waals surface area contributed by atoms with E-state index in [4.69, 9.17) is 19.9 Å². The number of hydrogen-bond acceptors (Lipinski definition) is 7. The lowest BCUT2D eigenvalue weighted by molar-refractivity contribution is -0.139. The summed E-state index contributed by atoms with van der Waals surface area (Å²) in [6.45, 7) is 3.99. The molecule has 9 heteroatoms. The van der Waals surface area contributed by atoms with E-state index in [-0.39, 0.29) is 29.5 Å². The third-order valence-electron chi connectivity index (χ3n) is 4.72. The third-order valence-corrected chi connectivity index (χ3v) is 4.72. The van der Waals surface area contributed by atoms with E-state index < -0.39 is 23.1 Å². The molecule has 1 aliphatic heterocycles. The Kier molecular flexibility index (Phi) is 5.49. The smallest absolute Gasteiger partial charge is 0.340 e. The maximum absolute atomic E-state index is 13.1. The Morgan fingerprint density at radius 2 is 1.83 bits per heavy atom. The first-order valence-corrected chi connectivity index (χ1v) is 9.19. The van der Waals surface area contributed by atoms with Crippen molar-refractivity contribution in [1.82, 2.24) is 9.13 Å². The van der Waals surface area contributed by atoms with Crippen molar-refractivity contribution < 1.29 is 19.0 Å². The molecular formula is C20H23N3O6. The van der Waals surface area contributed by atoms with E-state index in [1.54, 1.807) is 31.2 Å². The minimum Gasteiger partial charge on any atom is -0.494 e. The molecule has 0 saturated carbocycles. The number of fused-ring (bicyclic) bond motifs is 1. The summed E-state index contributed by atoms with van der Waals surface area (Å²) in [5.74, 6) is -1.39. The van der Waals surface area contributed by atoms with Crippen LogP contribution >= 0.6 is 0 Å². The number of nitrogens with two attached hydrogens (primary N) is 1. The normalized spacial score (nSPS) is 15.5. The summed E-state index contributed by atoms with van der Waals surface area (Å²) in [7, 11) is 2.83. The molecule has 0 fully saturated rings. The van der Waals surface area contributed by atoms with Gasteiger partial charge in [0.05, 0.1) is 24.7 Å². The van der Waals surface area contributed by atoms with Crippen molar-refractivity contribution >= 4 is 5.97 Å². The molecule has 2 N–H and O–H groups in total. The number of carbonyl (C=O) groups excluding carboxylic acids is 1. The summed E-state index contributed by atoms with van der Waals surface area (Å²) in [6.07, 6.45) is 0. The number of benzene rings is 1. The SMILES string of the molecule is CCOC(=O)C1=C(N)Oc2c(c(=O)n(C)c(=O)n2C)[C@@H]1c1ccccc1OCC. The molecule has 0 unspecified atom stereocenters. The van der Waals surface area contributed by atoms with Crippen molar-refractivity contribution in [3.63, 3.8) is 0 Å². The molecule has 0 amide bonds. The summed E-state index contributed by atoms with van der Waals surface area (Å²) in [5.41, 5.74) is 5.56. The van der Waals surface area contributed by atoms with Gasteiger partial charge in [-0.15, -0.1) is 0 Å². The second-order valence-electron chi connectivity index (χ2n) is 6.43. The number of para-hydroxylation sites is 1. The van der Waals surface area contributed by atoms with Crippen LogP contribution in [0.15, 0.2) is 45.3 Å². The Balaban J connectivity index is 2.41. The fourth-order valence-electron chi connectivity index (χ4n) is 3.41. The first-order chi connectivity index (χ1) is 13.8. The maximum Gasteiger partial charge on any atom is 0.340 e. The average Bonchev–Trinajstić information content (AvgIpc) is 2.70. The molecular weight excluding hydrogens is 378 g/mol. The first kappa shape index (κ1) is 20.2. The molecule has 0 bridgehead atoms. The van der Waals surface area contributed by atoms with Crippen LogP contribution in [-0.4, -0.2) is 28.3 Å². The number of hydrogen-bond donors (Lipinski definition) is 1. The second-order valence-corrected chi connectivity index (χ2v) is 6.43. The van der Waals surface area contributed by atoms with Crippen molar-refractivity contribution in [2.24, 2.45) is 19.8 Å². The Bertz CT molecular complexity index is 1110. The Morgan fingerprint density at radius 1 is 1.14 bits per heavy atom. The number of aromatic nitrogens is 2. The van der Waals surface area contributed by atoms with Gasteiger partial charge in [-0.25, -0.2) is 9.59 Å². The first-order valence-electron chi connectivity index (χ1n) is 9.19. The molecule has 0 radical (unpaired) electrons. The molecule has 1 aliphatic rings. The van der Waals surface area contributed by atoms with Gasteiger partial charge in [0.15, 0.2) is 0 Å². The Morgan fingerprint density at radius 3 is 2.48 bits per heavy atom. The van der Waals surface area contributed by atoms with Crippen LogP contribution < -0.4 is 26.5 Å². The molecule has 1 atom stereocenters. The van der Waals surface area contributed by atoms with Crippen LogP contribution in [0.3, 0.4) is 0 Å². The highest BCUT2D eigenvalue weighted by molar-refractivity contribution is 5.92. The highest BCUT2D eigenvalue weighted by Crippen LogP contribution is 2.43. The lowest BCUT2D eigenvalue weighted by Crippen LogP contribution is -2.43. The summed E-state index contributed by atoms with van der Waals surface area (Å²) >= 11 is 0. The van der Waals surface area contributed by atoms with E-state index in [0.717, 1.165) is 4.57 Å². The molecule has 1 aromatic heterocycles. The summed E-state index contributed by atoms with van der Waals surface area (Å²) in [6, 6.07) is 7.02. The predicted molar refractivity (Wildman–Crippen MR) is 105 cm³/mol. The maximum atomic E-state index is 13.1. The number of carbonyl (C=O) groups is 1. The van der Waals surface area contributed by atoms with Gasteiger partial charge < -0.3 is 19.9 Å². The Labute approximate surface area is 166 Å². The van der Waals surface area contributed by atoms with E-state index in [9.17, 15) is 14.4 Å². The van der Waals surface area contributed by atoms with Gasteiger partial charge in [-0.2, -0.15) is 0 Å². The Hall–Kier alpha value is -3.49. The summed E-state index contributed by atoms with van der Waals surface area (Å²) < 4.78 is 18.6. The quantitative estimate of drug-likeness (QED) is 0.735. The fraction of sp³-hybridized carbons (Fsp3) is 0.350. The van der Waals surface area contributed by atoms with Gasteiger partial charge in [-0.1, -0.05) is 18.2 Å². The van der Waals surface area contributed by atoms with Gasteiger partial charge >= 0.3 is 11.7 Å². The highest BCUT2D eigenvalue weighted by Gasteiger charge is 2.40. The van der Waals surface area contributed by atoms with Crippen LogP contribution in [0.2, 0.25) is 0 Å².